The molecule has 1 aromatic rings. The summed E-state index contributed by atoms with van der Waals surface area (Å²) < 4.78 is 0. The number of carboxylic acids is 1. The molecule has 0 aliphatic heterocycles. The quantitative estimate of drug-likeness (QED) is 0.894. The summed E-state index contributed by atoms with van der Waals surface area (Å²) >= 11 is 1.59. The summed E-state index contributed by atoms with van der Waals surface area (Å²) in [7, 11) is 0. The van der Waals surface area contributed by atoms with Crippen LogP contribution >= 0.6 is 11.3 Å². The fourth-order valence-electron chi connectivity index (χ4n) is 1.81. The predicted octanol–water partition coefficient (Wildman–Crippen LogP) is 2.69. The number of amides is 1. The van der Waals surface area contributed by atoms with Crippen LogP contribution in [0.2, 0.25) is 0 Å². The molecule has 0 saturated carbocycles. The Bertz CT molecular complexity index is 451. The lowest BCUT2D eigenvalue weighted by atomic mass is 10.2. The number of thiophene rings is 1. The zero-order chi connectivity index (χ0) is 13.9. The summed E-state index contributed by atoms with van der Waals surface area (Å²) in [6.45, 7) is 7.93. The first kappa shape index (κ1) is 14.7. The summed E-state index contributed by atoms with van der Waals surface area (Å²) in [6, 6.07) is 1.87. The van der Waals surface area contributed by atoms with Gasteiger partial charge in [-0.2, -0.15) is 0 Å². The fraction of sp³-hybridized carbons (Fsp3) is 0.538. The van der Waals surface area contributed by atoms with Gasteiger partial charge < -0.3 is 10.0 Å². The highest BCUT2D eigenvalue weighted by Crippen LogP contribution is 2.22. The standard InChI is InChI=1S/C13H19NO3S/c1-8(2)14(6-5-12(15)16)13(17)11-7-9(3)18-10(11)4/h7-8H,5-6H2,1-4H3,(H,15,16). The fourth-order valence-corrected chi connectivity index (χ4v) is 2.72. The third-order valence-electron chi connectivity index (χ3n) is 2.72. The van der Waals surface area contributed by atoms with Crippen LogP contribution in [0.15, 0.2) is 6.07 Å². The van der Waals surface area contributed by atoms with Crippen LogP contribution in [0, 0.1) is 13.8 Å². The molecule has 5 heteroatoms. The third-order valence-corrected chi connectivity index (χ3v) is 3.69. The Labute approximate surface area is 111 Å². The highest BCUT2D eigenvalue weighted by Gasteiger charge is 2.22. The smallest absolute Gasteiger partial charge is 0.305 e. The molecular weight excluding hydrogens is 250 g/mol. The van der Waals surface area contributed by atoms with Crippen molar-refractivity contribution in [1.29, 1.82) is 0 Å². The molecule has 4 nitrogen and oxygen atoms in total. The Morgan fingerprint density at radius 3 is 2.39 bits per heavy atom. The molecule has 0 unspecified atom stereocenters. The molecule has 1 rings (SSSR count). The van der Waals surface area contributed by atoms with Crippen LogP contribution in [0.3, 0.4) is 0 Å². The Kier molecular flexibility index (Phi) is 4.90. The van der Waals surface area contributed by atoms with E-state index in [-0.39, 0.29) is 24.9 Å². The maximum atomic E-state index is 12.4. The van der Waals surface area contributed by atoms with E-state index in [0.29, 0.717) is 5.56 Å². The number of hydrogen-bond donors (Lipinski definition) is 1. The van der Waals surface area contributed by atoms with Crippen LogP contribution < -0.4 is 0 Å². The van der Waals surface area contributed by atoms with Crippen molar-refractivity contribution in [2.24, 2.45) is 0 Å². The van der Waals surface area contributed by atoms with Crippen molar-refractivity contribution in [3.63, 3.8) is 0 Å². The van der Waals surface area contributed by atoms with Gasteiger partial charge in [0.25, 0.3) is 5.91 Å². The molecule has 0 bridgehead atoms. The number of nitrogens with zero attached hydrogens (tertiary/aromatic N) is 1. The number of hydrogen-bond acceptors (Lipinski definition) is 3. The van der Waals surface area contributed by atoms with Crippen molar-refractivity contribution < 1.29 is 14.7 Å². The Hall–Kier alpha value is -1.36. The number of aryl methyl sites for hydroxylation is 2. The van der Waals surface area contributed by atoms with E-state index < -0.39 is 5.97 Å². The van der Waals surface area contributed by atoms with Gasteiger partial charge in [-0.1, -0.05) is 0 Å². The Morgan fingerprint density at radius 2 is 2.00 bits per heavy atom. The van der Waals surface area contributed by atoms with Gasteiger partial charge in [-0.3, -0.25) is 9.59 Å². The van der Waals surface area contributed by atoms with Crippen molar-refractivity contribution in [3.05, 3.63) is 21.4 Å². The van der Waals surface area contributed by atoms with Crippen molar-refractivity contribution in [3.8, 4) is 0 Å². The van der Waals surface area contributed by atoms with Gasteiger partial charge in [0.1, 0.15) is 0 Å². The molecule has 1 heterocycles. The van der Waals surface area contributed by atoms with Crippen LogP contribution in [-0.4, -0.2) is 34.5 Å². The van der Waals surface area contributed by atoms with E-state index in [4.69, 9.17) is 5.11 Å². The van der Waals surface area contributed by atoms with Gasteiger partial charge >= 0.3 is 5.97 Å². The molecule has 0 aliphatic carbocycles. The SMILES string of the molecule is Cc1cc(C(=O)N(CCC(=O)O)C(C)C)c(C)s1. The van der Waals surface area contributed by atoms with Gasteiger partial charge in [-0.05, 0) is 33.8 Å². The predicted molar refractivity (Wildman–Crippen MR) is 72.2 cm³/mol. The maximum absolute atomic E-state index is 12.4. The second kappa shape index (κ2) is 6.00. The summed E-state index contributed by atoms with van der Waals surface area (Å²) in [6.07, 6.45) is -0.0217. The molecule has 0 atom stereocenters. The molecule has 0 aromatic carbocycles. The second-order valence-electron chi connectivity index (χ2n) is 4.56. The van der Waals surface area contributed by atoms with E-state index in [0.717, 1.165) is 9.75 Å². The van der Waals surface area contributed by atoms with Crippen LogP contribution in [0.1, 0.15) is 40.4 Å². The van der Waals surface area contributed by atoms with Gasteiger partial charge in [-0.15, -0.1) is 11.3 Å². The van der Waals surface area contributed by atoms with Gasteiger partial charge in [0.05, 0.1) is 12.0 Å². The average Bonchev–Trinajstić information content (AvgIpc) is 2.56. The van der Waals surface area contributed by atoms with Crippen molar-refractivity contribution in [2.75, 3.05) is 6.54 Å². The van der Waals surface area contributed by atoms with Crippen LogP contribution in [0.25, 0.3) is 0 Å². The molecular formula is C13H19NO3S. The highest BCUT2D eigenvalue weighted by molar-refractivity contribution is 7.12. The first-order valence-electron chi connectivity index (χ1n) is 5.92. The molecule has 1 amide bonds. The Morgan fingerprint density at radius 1 is 1.39 bits per heavy atom. The average molecular weight is 269 g/mol. The first-order chi connectivity index (χ1) is 8.32. The van der Waals surface area contributed by atoms with E-state index in [2.05, 4.69) is 0 Å². The summed E-state index contributed by atoms with van der Waals surface area (Å²) in [4.78, 5) is 26.7. The molecule has 1 aromatic heterocycles. The molecule has 100 valence electrons. The van der Waals surface area contributed by atoms with Crippen molar-refractivity contribution in [1.82, 2.24) is 4.90 Å². The van der Waals surface area contributed by atoms with E-state index in [1.165, 1.54) is 0 Å². The zero-order valence-electron chi connectivity index (χ0n) is 11.2. The third kappa shape index (κ3) is 3.57. The number of carboxylic acid groups (broad SMARTS) is 1. The minimum absolute atomic E-state index is 0.00328. The topological polar surface area (TPSA) is 57.6 Å². The summed E-state index contributed by atoms with van der Waals surface area (Å²) in [5.74, 6) is -0.959. The molecule has 0 radical (unpaired) electrons. The largest absolute Gasteiger partial charge is 0.481 e. The lowest BCUT2D eigenvalue weighted by Gasteiger charge is -2.26. The maximum Gasteiger partial charge on any atom is 0.305 e. The second-order valence-corrected chi connectivity index (χ2v) is 6.02. The molecule has 0 spiro atoms. The molecule has 0 aliphatic rings. The van der Waals surface area contributed by atoms with E-state index in [1.54, 1.807) is 16.2 Å². The highest BCUT2D eigenvalue weighted by atomic mass is 32.1. The molecule has 1 N–H and O–H groups in total. The van der Waals surface area contributed by atoms with E-state index in [9.17, 15) is 9.59 Å². The number of rotatable bonds is 5. The number of carbonyl (C=O) groups excluding carboxylic acids is 1. The normalized spacial score (nSPS) is 10.7. The number of aliphatic carboxylic acids is 1. The van der Waals surface area contributed by atoms with Crippen molar-refractivity contribution >= 4 is 23.2 Å². The van der Waals surface area contributed by atoms with E-state index >= 15 is 0 Å². The minimum atomic E-state index is -0.883. The molecule has 0 saturated heterocycles. The Balaban J connectivity index is 2.89. The molecule has 0 fully saturated rings. The zero-order valence-corrected chi connectivity index (χ0v) is 12.0. The van der Waals surface area contributed by atoms with Crippen LogP contribution in [0.5, 0.6) is 0 Å². The summed E-state index contributed by atoms with van der Waals surface area (Å²) in [5.41, 5.74) is 0.691. The van der Waals surface area contributed by atoms with Gasteiger partial charge in [0, 0.05) is 22.3 Å². The van der Waals surface area contributed by atoms with Crippen LogP contribution in [-0.2, 0) is 4.79 Å². The lowest BCUT2D eigenvalue weighted by molar-refractivity contribution is -0.137. The lowest BCUT2D eigenvalue weighted by Crippen LogP contribution is -2.38. The van der Waals surface area contributed by atoms with Gasteiger partial charge in [0.2, 0.25) is 0 Å². The van der Waals surface area contributed by atoms with Crippen LogP contribution in [0.4, 0.5) is 0 Å². The first-order valence-corrected chi connectivity index (χ1v) is 6.74. The minimum Gasteiger partial charge on any atom is -0.481 e. The van der Waals surface area contributed by atoms with Gasteiger partial charge in [0.15, 0.2) is 0 Å². The van der Waals surface area contributed by atoms with Gasteiger partial charge in [-0.25, -0.2) is 0 Å². The summed E-state index contributed by atoms with van der Waals surface area (Å²) in [5, 5.41) is 8.72. The van der Waals surface area contributed by atoms with E-state index in [1.807, 2.05) is 33.8 Å². The monoisotopic (exact) mass is 269 g/mol. The molecule has 18 heavy (non-hydrogen) atoms. The number of carbonyl (C=O) groups is 2. The van der Waals surface area contributed by atoms with Crippen molar-refractivity contribution in [2.45, 2.75) is 40.2 Å².